The third-order valence-corrected chi connectivity index (χ3v) is 3.39. The lowest BCUT2D eigenvalue weighted by molar-refractivity contribution is 0.268. The first kappa shape index (κ1) is 9.56. The summed E-state index contributed by atoms with van der Waals surface area (Å²) in [5.41, 5.74) is 1.21. The molecule has 0 radical (unpaired) electrons. The van der Waals surface area contributed by atoms with Gasteiger partial charge in [0.25, 0.3) is 0 Å². The number of anilines is 1. The van der Waals surface area contributed by atoms with E-state index < -0.39 is 0 Å². The summed E-state index contributed by atoms with van der Waals surface area (Å²) in [4.78, 5) is 0. The lowest BCUT2D eigenvalue weighted by Crippen LogP contribution is -2.37. The van der Waals surface area contributed by atoms with Crippen LogP contribution >= 0.6 is 0 Å². The van der Waals surface area contributed by atoms with Crippen LogP contribution in [-0.2, 0) is 7.05 Å². The van der Waals surface area contributed by atoms with Gasteiger partial charge in [-0.05, 0) is 25.7 Å². The zero-order valence-electron chi connectivity index (χ0n) is 9.25. The SMILES string of the molecule is CCC1CCC1Nc1cc(C)n(C)n1. The van der Waals surface area contributed by atoms with Crippen LogP contribution < -0.4 is 5.32 Å². The summed E-state index contributed by atoms with van der Waals surface area (Å²) in [6.07, 6.45) is 3.96. The van der Waals surface area contributed by atoms with Crippen molar-refractivity contribution in [2.24, 2.45) is 13.0 Å². The molecule has 1 saturated carbocycles. The average molecular weight is 193 g/mol. The van der Waals surface area contributed by atoms with Crippen LogP contribution in [0.1, 0.15) is 31.9 Å². The van der Waals surface area contributed by atoms with Crippen molar-refractivity contribution in [3.05, 3.63) is 11.8 Å². The minimum Gasteiger partial charge on any atom is -0.366 e. The molecule has 1 aromatic heterocycles. The number of rotatable bonds is 3. The third-order valence-electron chi connectivity index (χ3n) is 3.39. The quantitative estimate of drug-likeness (QED) is 0.798. The van der Waals surface area contributed by atoms with E-state index in [1.165, 1.54) is 25.0 Å². The van der Waals surface area contributed by atoms with Gasteiger partial charge >= 0.3 is 0 Å². The summed E-state index contributed by atoms with van der Waals surface area (Å²) < 4.78 is 1.92. The van der Waals surface area contributed by atoms with Gasteiger partial charge in [-0.3, -0.25) is 4.68 Å². The summed E-state index contributed by atoms with van der Waals surface area (Å²) >= 11 is 0. The molecule has 78 valence electrons. The van der Waals surface area contributed by atoms with Gasteiger partial charge < -0.3 is 5.32 Å². The Bertz CT molecular complexity index is 295. The van der Waals surface area contributed by atoms with E-state index in [1.807, 2.05) is 11.7 Å². The molecule has 3 nitrogen and oxygen atoms in total. The molecular formula is C11H19N3. The largest absolute Gasteiger partial charge is 0.366 e. The number of hydrogen-bond donors (Lipinski definition) is 1. The second-order valence-corrected chi connectivity index (χ2v) is 4.29. The monoisotopic (exact) mass is 193 g/mol. The van der Waals surface area contributed by atoms with Gasteiger partial charge in [0.05, 0.1) is 0 Å². The summed E-state index contributed by atoms with van der Waals surface area (Å²) in [7, 11) is 1.98. The van der Waals surface area contributed by atoms with Crippen LogP contribution in [-0.4, -0.2) is 15.8 Å². The minimum absolute atomic E-state index is 0.661. The second-order valence-electron chi connectivity index (χ2n) is 4.29. The van der Waals surface area contributed by atoms with Gasteiger partial charge in [-0.1, -0.05) is 13.3 Å². The molecule has 1 aliphatic rings. The van der Waals surface area contributed by atoms with E-state index in [2.05, 4.69) is 30.3 Å². The van der Waals surface area contributed by atoms with E-state index in [0.29, 0.717) is 6.04 Å². The average Bonchev–Trinajstić information content (AvgIpc) is 2.42. The highest BCUT2D eigenvalue weighted by molar-refractivity contribution is 5.37. The van der Waals surface area contributed by atoms with Crippen LogP contribution in [0.2, 0.25) is 0 Å². The molecule has 3 heteroatoms. The molecule has 2 rings (SSSR count). The second kappa shape index (κ2) is 3.64. The molecule has 1 aliphatic carbocycles. The Morgan fingerprint density at radius 1 is 1.57 bits per heavy atom. The first-order valence-corrected chi connectivity index (χ1v) is 5.48. The maximum absolute atomic E-state index is 4.41. The lowest BCUT2D eigenvalue weighted by atomic mass is 9.78. The van der Waals surface area contributed by atoms with E-state index in [4.69, 9.17) is 0 Å². The minimum atomic E-state index is 0.661. The molecule has 0 aromatic carbocycles. The first-order chi connectivity index (χ1) is 6.70. The fraction of sp³-hybridized carbons (Fsp3) is 0.727. The van der Waals surface area contributed by atoms with Gasteiger partial charge in [-0.25, -0.2) is 0 Å². The van der Waals surface area contributed by atoms with Crippen molar-refractivity contribution in [1.29, 1.82) is 0 Å². The van der Waals surface area contributed by atoms with Crippen LogP contribution in [0.15, 0.2) is 6.07 Å². The summed E-state index contributed by atoms with van der Waals surface area (Å²) in [6, 6.07) is 2.78. The highest BCUT2D eigenvalue weighted by Gasteiger charge is 2.29. The van der Waals surface area contributed by atoms with Gasteiger partial charge in [-0.2, -0.15) is 5.10 Å². The van der Waals surface area contributed by atoms with Crippen molar-refractivity contribution in [2.45, 2.75) is 39.2 Å². The summed E-state index contributed by atoms with van der Waals surface area (Å²) in [6.45, 7) is 4.35. The maximum Gasteiger partial charge on any atom is 0.148 e. The van der Waals surface area contributed by atoms with Crippen molar-refractivity contribution in [1.82, 2.24) is 9.78 Å². The van der Waals surface area contributed by atoms with Crippen molar-refractivity contribution in [3.8, 4) is 0 Å². The Morgan fingerprint density at radius 2 is 2.36 bits per heavy atom. The smallest absolute Gasteiger partial charge is 0.148 e. The molecule has 1 heterocycles. The molecule has 0 saturated heterocycles. The van der Waals surface area contributed by atoms with Crippen molar-refractivity contribution >= 4 is 5.82 Å². The fourth-order valence-corrected chi connectivity index (χ4v) is 2.07. The maximum atomic E-state index is 4.41. The van der Waals surface area contributed by atoms with E-state index in [1.54, 1.807) is 0 Å². The van der Waals surface area contributed by atoms with Crippen LogP contribution in [0.5, 0.6) is 0 Å². The Kier molecular flexibility index (Phi) is 2.48. The highest BCUT2D eigenvalue weighted by atomic mass is 15.3. The molecule has 14 heavy (non-hydrogen) atoms. The number of aryl methyl sites for hydroxylation is 2. The van der Waals surface area contributed by atoms with E-state index in [9.17, 15) is 0 Å². The van der Waals surface area contributed by atoms with Crippen LogP contribution in [0.4, 0.5) is 5.82 Å². The van der Waals surface area contributed by atoms with E-state index in [-0.39, 0.29) is 0 Å². The van der Waals surface area contributed by atoms with Gasteiger partial charge in [0.15, 0.2) is 0 Å². The molecule has 0 aliphatic heterocycles. The molecule has 1 N–H and O–H groups in total. The van der Waals surface area contributed by atoms with Crippen LogP contribution in [0, 0.1) is 12.8 Å². The molecule has 1 fully saturated rings. The third kappa shape index (κ3) is 1.63. The number of hydrogen-bond acceptors (Lipinski definition) is 2. The number of nitrogens with zero attached hydrogens (tertiary/aromatic N) is 2. The molecule has 1 aromatic rings. The molecule has 2 atom stereocenters. The Morgan fingerprint density at radius 3 is 2.79 bits per heavy atom. The molecular weight excluding hydrogens is 174 g/mol. The lowest BCUT2D eigenvalue weighted by Gasteiger charge is -2.36. The summed E-state index contributed by atoms with van der Waals surface area (Å²) in [5, 5.41) is 7.92. The number of aromatic nitrogens is 2. The van der Waals surface area contributed by atoms with Gasteiger partial charge in [-0.15, -0.1) is 0 Å². The van der Waals surface area contributed by atoms with Crippen molar-refractivity contribution in [3.63, 3.8) is 0 Å². The van der Waals surface area contributed by atoms with Gasteiger partial charge in [0.2, 0.25) is 0 Å². The topological polar surface area (TPSA) is 29.9 Å². The Balaban J connectivity index is 1.97. The van der Waals surface area contributed by atoms with Crippen molar-refractivity contribution in [2.75, 3.05) is 5.32 Å². The first-order valence-electron chi connectivity index (χ1n) is 5.48. The van der Waals surface area contributed by atoms with Crippen molar-refractivity contribution < 1.29 is 0 Å². The zero-order chi connectivity index (χ0) is 10.1. The fourth-order valence-electron chi connectivity index (χ4n) is 2.07. The van der Waals surface area contributed by atoms with E-state index >= 15 is 0 Å². The predicted molar refractivity (Wildman–Crippen MR) is 58.4 cm³/mol. The normalized spacial score (nSPS) is 25.9. The van der Waals surface area contributed by atoms with Crippen LogP contribution in [0.3, 0.4) is 0 Å². The van der Waals surface area contributed by atoms with Gasteiger partial charge in [0.1, 0.15) is 5.82 Å². The zero-order valence-corrected chi connectivity index (χ0v) is 9.25. The highest BCUT2D eigenvalue weighted by Crippen LogP contribution is 2.32. The Hall–Kier alpha value is -0.990. The van der Waals surface area contributed by atoms with Crippen LogP contribution in [0.25, 0.3) is 0 Å². The Labute approximate surface area is 85.5 Å². The van der Waals surface area contributed by atoms with E-state index in [0.717, 1.165) is 11.7 Å². The molecule has 2 unspecified atom stereocenters. The predicted octanol–water partition coefficient (Wildman–Crippen LogP) is 2.33. The summed E-state index contributed by atoms with van der Waals surface area (Å²) in [5.74, 6) is 1.89. The number of nitrogens with one attached hydrogen (secondary N) is 1. The standard InChI is InChI=1S/C11H19N3/c1-4-9-5-6-10(9)12-11-7-8(2)14(3)13-11/h7,9-10H,4-6H2,1-3H3,(H,12,13). The molecule has 0 bridgehead atoms. The molecule has 0 amide bonds. The molecule has 0 spiro atoms. The van der Waals surface area contributed by atoms with Gasteiger partial charge in [0, 0.05) is 24.8 Å².